The third-order valence-electron chi connectivity index (χ3n) is 5.56. The Morgan fingerprint density at radius 1 is 1.19 bits per heavy atom. The van der Waals surface area contributed by atoms with Crippen LogP contribution in [0, 0.1) is 0 Å². The van der Waals surface area contributed by atoms with E-state index in [1.165, 1.54) is 4.70 Å². The van der Waals surface area contributed by atoms with Crippen LogP contribution in [-0.2, 0) is 0 Å². The monoisotopic (exact) mass is 516 g/mol. The van der Waals surface area contributed by atoms with Gasteiger partial charge in [-0.15, -0.1) is 0 Å². The van der Waals surface area contributed by atoms with Crippen molar-refractivity contribution in [2.45, 2.75) is 19.8 Å². The number of amides is 1. The second-order valence-electron chi connectivity index (χ2n) is 7.92. The number of piperazine rings is 1. The molecule has 0 bridgehead atoms. The average molecular weight is 517 g/mol. The van der Waals surface area contributed by atoms with Crippen molar-refractivity contribution in [3.05, 3.63) is 52.5 Å². The zero-order valence-corrected chi connectivity index (χ0v) is 20.8. The number of fused-ring (bicyclic) bond motifs is 1. The Bertz CT molecular complexity index is 1050. The minimum Gasteiger partial charge on any atom is -0.494 e. The molecule has 0 unspecified atom stereocenters. The highest BCUT2D eigenvalue weighted by molar-refractivity contribution is 9.10. The molecule has 170 valence electrons. The number of anilines is 1. The maximum atomic E-state index is 12.5. The number of halogens is 1. The molecule has 2 aromatic carbocycles. The molecule has 6 nitrogen and oxygen atoms in total. The number of carbonyl (C=O) groups is 1. The summed E-state index contributed by atoms with van der Waals surface area (Å²) in [7, 11) is 0. The van der Waals surface area contributed by atoms with Gasteiger partial charge >= 0.3 is 0 Å². The average Bonchev–Trinajstić information content (AvgIpc) is 3.23. The van der Waals surface area contributed by atoms with Crippen LogP contribution >= 0.6 is 27.3 Å². The van der Waals surface area contributed by atoms with Crippen molar-refractivity contribution in [2.24, 2.45) is 0 Å². The predicted octanol–water partition coefficient (Wildman–Crippen LogP) is 4.79. The van der Waals surface area contributed by atoms with Crippen LogP contribution in [0.3, 0.4) is 0 Å². The van der Waals surface area contributed by atoms with E-state index in [4.69, 9.17) is 9.72 Å². The predicted molar refractivity (Wildman–Crippen MR) is 135 cm³/mol. The molecule has 0 spiro atoms. The van der Waals surface area contributed by atoms with Crippen LogP contribution in [0.2, 0.25) is 0 Å². The number of ether oxygens (including phenoxy) is 1. The fourth-order valence-corrected chi connectivity index (χ4v) is 5.24. The van der Waals surface area contributed by atoms with E-state index < -0.39 is 0 Å². The molecule has 2 heterocycles. The largest absolute Gasteiger partial charge is 0.494 e. The summed E-state index contributed by atoms with van der Waals surface area (Å²) in [5, 5.41) is 4.13. The van der Waals surface area contributed by atoms with E-state index in [9.17, 15) is 4.79 Å². The number of nitrogens with one attached hydrogen (secondary N) is 1. The Labute approximate surface area is 201 Å². The third-order valence-corrected chi connectivity index (χ3v) is 7.13. The number of nitrogens with zero attached hydrogens (tertiary/aromatic N) is 3. The molecule has 0 saturated carbocycles. The fraction of sp³-hybridized carbons (Fsp3) is 0.417. The lowest BCUT2D eigenvalue weighted by Gasteiger charge is -2.34. The van der Waals surface area contributed by atoms with Gasteiger partial charge in [0.05, 0.1) is 16.8 Å². The van der Waals surface area contributed by atoms with Gasteiger partial charge in [0.2, 0.25) is 0 Å². The molecular formula is C24H29BrN4O2S. The first-order chi connectivity index (χ1) is 15.6. The molecule has 1 aromatic heterocycles. The second kappa shape index (κ2) is 11.1. The summed E-state index contributed by atoms with van der Waals surface area (Å²) in [5.41, 5.74) is 1.70. The van der Waals surface area contributed by atoms with E-state index in [0.29, 0.717) is 18.7 Å². The van der Waals surface area contributed by atoms with Gasteiger partial charge in [-0.25, -0.2) is 4.98 Å². The maximum absolute atomic E-state index is 12.5. The first-order valence-corrected chi connectivity index (χ1v) is 12.8. The number of rotatable bonds is 9. The van der Waals surface area contributed by atoms with Crippen molar-refractivity contribution >= 4 is 48.5 Å². The molecule has 0 atom stereocenters. The highest BCUT2D eigenvalue weighted by atomic mass is 79.9. The van der Waals surface area contributed by atoms with Gasteiger partial charge in [-0.05, 0) is 42.8 Å². The van der Waals surface area contributed by atoms with Crippen LogP contribution in [0.1, 0.15) is 30.1 Å². The number of benzene rings is 2. The van der Waals surface area contributed by atoms with Crippen LogP contribution < -0.4 is 15.0 Å². The van der Waals surface area contributed by atoms with Crippen molar-refractivity contribution in [1.82, 2.24) is 15.2 Å². The SMILES string of the molecule is CCCCOc1cccc(C(=O)NCCN2CCN(c3nc4ccc(Br)cc4s3)CC2)c1. The van der Waals surface area contributed by atoms with Crippen LogP contribution in [0.4, 0.5) is 5.13 Å². The van der Waals surface area contributed by atoms with Crippen molar-refractivity contribution in [3.8, 4) is 5.75 Å². The van der Waals surface area contributed by atoms with E-state index in [1.807, 2.05) is 30.3 Å². The summed E-state index contributed by atoms with van der Waals surface area (Å²) >= 11 is 5.28. The zero-order chi connectivity index (χ0) is 22.3. The highest BCUT2D eigenvalue weighted by Gasteiger charge is 2.20. The minimum absolute atomic E-state index is 0.0507. The van der Waals surface area contributed by atoms with Crippen LogP contribution in [0.25, 0.3) is 10.2 Å². The van der Waals surface area contributed by atoms with E-state index in [1.54, 1.807) is 11.3 Å². The second-order valence-corrected chi connectivity index (χ2v) is 9.85. The molecule has 1 saturated heterocycles. The maximum Gasteiger partial charge on any atom is 0.251 e. The van der Waals surface area contributed by atoms with Gasteiger partial charge in [0.1, 0.15) is 5.75 Å². The van der Waals surface area contributed by atoms with Crippen molar-refractivity contribution < 1.29 is 9.53 Å². The molecule has 32 heavy (non-hydrogen) atoms. The topological polar surface area (TPSA) is 57.7 Å². The van der Waals surface area contributed by atoms with E-state index >= 15 is 0 Å². The number of aromatic nitrogens is 1. The fourth-order valence-electron chi connectivity index (χ4n) is 3.68. The van der Waals surface area contributed by atoms with Crippen LogP contribution in [-0.4, -0.2) is 61.7 Å². The summed E-state index contributed by atoms with van der Waals surface area (Å²) in [6.07, 6.45) is 2.10. The van der Waals surface area contributed by atoms with Gasteiger partial charge in [0.15, 0.2) is 5.13 Å². The first kappa shape index (κ1) is 23.0. The molecule has 1 amide bonds. The Kier molecular flexibility index (Phi) is 8.00. The molecule has 1 aliphatic heterocycles. The lowest BCUT2D eigenvalue weighted by atomic mass is 10.2. The molecule has 8 heteroatoms. The minimum atomic E-state index is -0.0507. The molecule has 1 N–H and O–H groups in total. The van der Waals surface area contributed by atoms with E-state index in [0.717, 1.165) is 66.4 Å². The molecule has 3 aromatic rings. The summed E-state index contributed by atoms with van der Waals surface area (Å²) in [4.78, 5) is 22.1. The quantitative estimate of drug-likeness (QED) is 0.414. The van der Waals surface area contributed by atoms with Gasteiger partial charge in [-0.3, -0.25) is 9.69 Å². The number of carbonyl (C=O) groups excluding carboxylic acids is 1. The van der Waals surface area contributed by atoms with Crippen LogP contribution in [0.15, 0.2) is 46.9 Å². The summed E-state index contributed by atoms with van der Waals surface area (Å²) < 4.78 is 8.00. The first-order valence-electron chi connectivity index (χ1n) is 11.2. The van der Waals surface area contributed by atoms with E-state index in [-0.39, 0.29) is 5.91 Å². The molecule has 1 fully saturated rings. The van der Waals surface area contributed by atoms with Gasteiger partial charge in [0.25, 0.3) is 5.91 Å². The van der Waals surface area contributed by atoms with Crippen molar-refractivity contribution in [3.63, 3.8) is 0 Å². The third kappa shape index (κ3) is 5.99. The van der Waals surface area contributed by atoms with Gasteiger partial charge < -0.3 is 15.0 Å². The Morgan fingerprint density at radius 3 is 2.84 bits per heavy atom. The normalized spacial score (nSPS) is 14.6. The standard InChI is InChI=1S/C24H29BrN4O2S/c1-2-3-15-31-20-6-4-5-18(16-20)23(30)26-9-10-28-11-13-29(14-12-28)24-27-21-8-7-19(25)17-22(21)32-24/h4-8,16-17H,2-3,9-15H2,1H3,(H,26,30). The molecule has 0 radical (unpaired) electrons. The lowest BCUT2D eigenvalue weighted by Crippen LogP contribution is -2.48. The molecule has 1 aliphatic rings. The Balaban J connectivity index is 1.21. The zero-order valence-electron chi connectivity index (χ0n) is 18.3. The number of hydrogen-bond donors (Lipinski definition) is 1. The van der Waals surface area contributed by atoms with Gasteiger partial charge in [-0.1, -0.05) is 46.7 Å². The lowest BCUT2D eigenvalue weighted by molar-refractivity contribution is 0.0947. The van der Waals surface area contributed by atoms with Crippen molar-refractivity contribution in [2.75, 3.05) is 50.8 Å². The summed E-state index contributed by atoms with van der Waals surface area (Å²) in [6, 6.07) is 13.6. The number of hydrogen-bond acceptors (Lipinski definition) is 6. The van der Waals surface area contributed by atoms with Gasteiger partial charge in [-0.2, -0.15) is 0 Å². The summed E-state index contributed by atoms with van der Waals surface area (Å²) in [6.45, 7) is 8.13. The molecule has 0 aliphatic carbocycles. The van der Waals surface area contributed by atoms with Crippen molar-refractivity contribution in [1.29, 1.82) is 0 Å². The summed E-state index contributed by atoms with van der Waals surface area (Å²) in [5.74, 6) is 0.703. The Hall–Kier alpha value is -2.16. The smallest absolute Gasteiger partial charge is 0.251 e. The molecule has 4 rings (SSSR count). The Morgan fingerprint density at radius 2 is 2.03 bits per heavy atom. The highest BCUT2D eigenvalue weighted by Crippen LogP contribution is 2.31. The van der Waals surface area contributed by atoms with E-state index in [2.05, 4.69) is 50.1 Å². The number of unbranched alkanes of at least 4 members (excludes halogenated alkanes) is 1. The molecular weight excluding hydrogens is 488 g/mol. The van der Waals surface area contributed by atoms with Crippen LogP contribution in [0.5, 0.6) is 5.75 Å². The number of thiazole rings is 1. The van der Waals surface area contributed by atoms with Gasteiger partial charge in [0, 0.05) is 49.3 Å².